The van der Waals surface area contributed by atoms with E-state index in [1.807, 2.05) is 0 Å². The lowest BCUT2D eigenvalue weighted by Gasteiger charge is -2.17. The number of nitrogens with zero attached hydrogens (tertiary/aromatic N) is 2. The third-order valence-electron chi connectivity index (χ3n) is 2.77. The zero-order valence-corrected chi connectivity index (χ0v) is 13.3. The van der Waals surface area contributed by atoms with Gasteiger partial charge in [0, 0.05) is 19.8 Å². The summed E-state index contributed by atoms with van der Waals surface area (Å²) in [4.78, 5) is 3.59. The van der Waals surface area contributed by atoms with E-state index in [4.69, 9.17) is 23.2 Å². The maximum absolute atomic E-state index is 13.6. The van der Waals surface area contributed by atoms with Gasteiger partial charge in [0.2, 0.25) is 5.03 Å². The fourth-order valence-corrected chi connectivity index (χ4v) is 3.13. The minimum absolute atomic E-state index is 0.0231. The summed E-state index contributed by atoms with van der Waals surface area (Å²) in [6.07, 6.45) is 1.23. The SMILES string of the molecule is CN(Cc1ccc(Cl)c(Cl)c1)S(=O)(=O)c1ncccc1F. The van der Waals surface area contributed by atoms with Gasteiger partial charge in [-0.05, 0) is 29.8 Å². The van der Waals surface area contributed by atoms with Crippen molar-refractivity contribution in [1.82, 2.24) is 9.29 Å². The maximum atomic E-state index is 13.6. The molecule has 0 N–H and O–H groups in total. The molecular weight excluding hydrogens is 338 g/mol. The number of pyridine rings is 1. The van der Waals surface area contributed by atoms with E-state index in [1.165, 1.54) is 19.3 Å². The van der Waals surface area contributed by atoms with Gasteiger partial charge in [0.05, 0.1) is 10.0 Å². The Kier molecular flexibility index (Phi) is 4.83. The summed E-state index contributed by atoms with van der Waals surface area (Å²) in [5, 5.41) is 0.0956. The van der Waals surface area contributed by atoms with Crippen molar-refractivity contribution < 1.29 is 12.8 Å². The molecule has 0 saturated heterocycles. The molecule has 0 fully saturated rings. The first-order valence-corrected chi connectivity index (χ1v) is 8.03. The second kappa shape index (κ2) is 6.27. The van der Waals surface area contributed by atoms with Crippen LogP contribution in [0.3, 0.4) is 0 Å². The largest absolute Gasteiger partial charge is 0.263 e. The fraction of sp³-hybridized carbons (Fsp3) is 0.154. The predicted molar refractivity (Wildman–Crippen MR) is 79.3 cm³/mol. The summed E-state index contributed by atoms with van der Waals surface area (Å²) < 4.78 is 39.1. The van der Waals surface area contributed by atoms with Crippen LogP contribution in [0.25, 0.3) is 0 Å². The van der Waals surface area contributed by atoms with Crippen LogP contribution in [0.4, 0.5) is 4.39 Å². The van der Waals surface area contributed by atoms with E-state index < -0.39 is 20.9 Å². The van der Waals surface area contributed by atoms with E-state index in [2.05, 4.69) is 4.98 Å². The molecule has 1 heterocycles. The van der Waals surface area contributed by atoms with Crippen molar-refractivity contribution in [2.45, 2.75) is 11.6 Å². The predicted octanol–water partition coefficient (Wildman–Crippen LogP) is 3.35. The molecule has 0 unspecified atom stereocenters. The Hall–Kier alpha value is -1.21. The van der Waals surface area contributed by atoms with Crippen LogP contribution in [0.15, 0.2) is 41.6 Å². The highest BCUT2D eigenvalue weighted by Gasteiger charge is 2.26. The molecule has 0 saturated carbocycles. The summed E-state index contributed by atoms with van der Waals surface area (Å²) in [6.45, 7) is 0.0231. The Morgan fingerprint density at radius 2 is 1.95 bits per heavy atom. The lowest BCUT2D eigenvalue weighted by Crippen LogP contribution is -2.28. The Morgan fingerprint density at radius 3 is 2.57 bits per heavy atom. The summed E-state index contributed by atoms with van der Waals surface area (Å²) in [5.74, 6) is -0.890. The van der Waals surface area contributed by atoms with Crippen LogP contribution in [0.5, 0.6) is 0 Å². The van der Waals surface area contributed by atoms with Crippen LogP contribution in [0.1, 0.15) is 5.56 Å². The monoisotopic (exact) mass is 348 g/mol. The van der Waals surface area contributed by atoms with E-state index >= 15 is 0 Å². The second-order valence-electron chi connectivity index (χ2n) is 4.30. The molecule has 0 radical (unpaired) electrons. The van der Waals surface area contributed by atoms with E-state index in [0.29, 0.717) is 15.6 Å². The third kappa shape index (κ3) is 3.52. The van der Waals surface area contributed by atoms with E-state index in [1.54, 1.807) is 18.2 Å². The number of benzene rings is 1. The van der Waals surface area contributed by atoms with Gasteiger partial charge in [-0.15, -0.1) is 0 Å². The van der Waals surface area contributed by atoms with Crippen molar-refractivity contribution in [3.05, 3.63) is 58.0 Å². The average Bonchev–Trinajstić information content (AvgIpc) is 2.43. The highest BCUT2D eigenvalue weighted by atomic mass is 35.5. The van der Waals surface area contributed by atoms with Crippen molar-refractivity contribution in [1.29, 1.82) is 0 Å². The van der Waals surface area contributed by atoms with Crippen LogP contribution < -0.4 is 0 Å². The number of sulfonamides is 1. The molecule has 0 amide bonds. The van der Waals surface area contributed by atoms with E-state index in [0.717, 1.165) is 10.4 Å². The second-order valence-corrected chi connectivity index (χ2v) is 7.07. The molecule has 0 aliphatic rings. The van der Waals surface area contributed by atoms with Crippen molar-refractivity contribution >= 4 is 33.2 Å². The van der Waals surface area contributed by atoms with Gasteiger partial charge in [-0.25, -0.2) is 17.8 Å². The Balaban J connectivity index is 2.29. The number of halogens is 3. The molecule has 21 heavy (non-hydrogen) atoms. The minimum atomic E-state index is -4.02. The molecule has 4 nitrogen and oxygen atoms in total. The number of aromatic nitrogens is 1. The lowest BCUT2D eigenvalue weighted by atomic mass is 10.2. The number of hydrogen-bond acceptors (Lipinski definition) is 3. The lowest BCUT2D eigenvalue weighted by molar-refractivity contribution is 0.454. The first-order valence-electron chi connectivity index (χ1n) is 5.83. The van der Waals surface area contributed by atoms with Crippen molar-refractivity contribution in [2.75, 3.05) is 7.05 Å². The quantitative estimate of drug-likeness (QED) is 0.851. The van der Waals surface area contributed by atoms with Gasteiger partial charge in [0.1, 0.15) is 0 Å². The zero-order valence-electron chi connectivity index (χ0n) is 10.9. The summed E-state index contributed by atoms with van der Waals surface area (Å²) in [7, 11) is -2.68. The first kappa shape index (κ1) is 16.2. The number of hydrogen-bond donors (Lipinski definition) is 0. The maximum Gasteiger partial charge on any atom is 0.263 e. The normalized spacial score (nSPS) is 11.9. The summed E-state index contributed by atoms with van der Waals surface area (Å²) in [5.41, 5.74) is 0.631. The standard InChI is InChI=1S/C13H11Cl2FN2O2S/c1-18(8-9-4-5-10(14)11(15)7-9)21(19,20)13-12(16)3-2-6-17-13/h2-7H,8H2,1H3. The van der Waals surface area contributed by atoms with Crippen molar-refractivity contribution in [2.24, 2.45) is 0 Å². The molecule has 2 aromatic rings. The first-order chi connectivity index (χ1) is 9.82. The van der Waals surface area contributed by atoms with E-state index in [9.17, 15) is 12.8 Å². The highest BCUT2D eigenvalue weighted by Crippen LogP contribution is 2.24. The molecule has 1 aromatic heterocycles. The topological polar surface area (TPSA) is 50.3 Å². The van der Waals surface area contributed by atoms with Crippen LogP contribution >= 0.6 is 23.2 Å². The van der Waals surface area contributed by atoms with Gasteiger partial charge in [-0.3, -0.25) is 0 Å². The fourth-order valence-electron chi connectivity index (χ4n) is 1.69. The van der Waals surface area contributed by atoms with Crippen LogP contribution in [-0.4, -0.2) is 24.8 Å². The Bertz CT molecular complexity index is 769. The molecule has 0 aliphatic carbocycles. The molecule has 0 bridgehead atoms. The van der Waals surface area contributed by atoms with E-state index in [-0.39, 0.29) is 6.54 Å². The Labute approximate surface area is 132 Å². The number of rotatable bonds is 4. The summed E-state index contributed by atoms with van der Waals surface area (Å²) in [6, 6.07) is 7.15. The van der Waals surface area contributed by atoms with Crippen molar-refractivity contribution in [3.63, 3.8) is 0 Å². The molecule has 1 aromatic carbocycles. The van der Waals surface area contributed by atoms with Gasteiger partial charge in [0.25, 0.3) is 10.0 Å². The van der Waals surface area contributed by atoms with Crippen LogP contribution in [0.2, 0.25) is 10.0 Å². The molecule has 0 spiro atoms. The average molecular weight is 349 g/mol. The summed E-state index contributed by atoms with van der Waals surface area (Å²) >= 11 is 11.7. The zero-order chi connectivity index (χ0) is 15.6. The van der Waals surface area contributed by atoms with Gasteiger partial charge in [-0.1, -0.05) is 29.3 Å². The highest BCUT2D eigenvalue weighted by molar-refractivity contribution is 7.89. The molecule has 2 rings (SSSR count). The van der Waals surface area contributed by atoms with Gasteiger partial charge >= 0.3 is 0 Å². The van der Waals surface area contributed by atoms with Gasteiger partial charge in [-0.2, -0.15) is 4.31 Å². The van der Waals surface area contributed by atoms with Crippen molar-refractivity contribution in [3.8, 4) is 0 Å². The molecule has 8 heteroatoms. The van der Waals surface area contributed by atoms with Gasteiger partial charge < -0.3 is 0 Å². The third-order valence-corrected chi connectivity index (χ3v) is 5.25. The smallest absolute Gasteiger partial charge is 0.241 e. The molecular formula is C13H11Cl2FN2O2S. The minimum Gasteiger partial charge on any atom is -0.241 e. The molecule has 112 valence electrons. The van der Waals surface area contributed by atoms with Gasteiger partial charge in [0.15, 0.2) is 5.82 Å². The Morgan fingerprint density at radius 1 is 1.24 bits per heavy atom. The molecule has 0 aliphatic heterocycles. The molecule has 0 atom stereocenters. The van der Waals surface area contributed by atoms with Crippen LogP contribution in [-0.2, 0) is 16.6 Å². The van der Waals surface area contributed by atoms with Crippen LogP contribution in [0, 0.1) is 5.82 Å².